The minimum atomic E-state index is -0.232. The highest BCUT2D eigenvalue weighted by Crippen LogP contribution is 2.41. The standard InChI is InChI=1S/C25H30N2O5/c1-17-14-23(27(26-17)18(2)28)25-20(15-22(30-4)16-24(25)31-5)9-6-19-7-10-21(11-8-19)32-13-12-29-3/h6-11,15-16,23H,12-14H2,1-5H3/b9-6+. The first-order valence-corrected chi connectivity index (χ1v) is 10.5. The zero-order valence-corrected chi connectivity index (χ0v) is 19.3. The van der Waals surface area contributed by atoms with Crippen molar-refractivity contribution in [3.8, 4) is 17.2 Å². The van der Waals surface area contributed by atoms with Crippen molar-refractivity contribution in [2.24, 2.45) is 5.10 Å². The predicted molar refractivity (Wildman–Crippen MR) is 125 cm³/mol. The van der Waals surface area contributed by atoms with Gasteiger partial charge in [0.2, 0.25) is 5.91 Å². The molecule has 0 aliphatic carbocycles. The molecule has 32 heavy (non-hydrogen) atoms. The highest BCUT2D eigenvalue weighted by atomic mass is 16.5. The number of rotatable bonds is 9. The van der Waals surface area contributed by atoms with Gasteiger partial charge in [0.1, 0.15) is 23.9 Å². The number of nitrogens with zero attached hydrogens (tertiary/aromatic N) is 2. The third kappa shape index (κ3) is 5.48. The van der Waals surface area contributed by atoms with Crippen LogP contribution in [0, 0.1) is 0 Å². The van der Waals surface area contributed by atoms with E-state index in [0.29, 0.717) is 31.1 Å². The molecule has 1 amide bonds. The quantitative estimate of drug-likeness (QED) is 0.424. The molecule has 1 unspecified atom stereocenters. The van der Waals surface area contributed by atoms with Crippen LogP contribution < -0.4 is 14.2 Å². The normalized spacial score (nSPS) is 15.7. The molecule has 0 aromatic heterocycles. The first-order chi connectivity index (χ1) is 15.5. The Morgan fingerprint density at radius 3 is 2.44 bits per heavy atom. The van der Waals surface area contributed by atoms with Gasteiger partial charge >= 0.3 is 0 Å². The molecule has 0 fully saturated rings. The van der Waals surface area contributed by atoms with E-state index in [1.807, 2.05) is 55.5 Å². The predicted octanol–water partition coefficient (Wildman–Crippen LogP) is 4.57. The van der Waals surface area contributed by atoms with Crippen LogP contribution in [-0.2, 0) is 9.53 Å². The van der Waals surface area contributed by atoms with E-state index >= 15 is 0 Å². The molecule has 3 rings (SSSR count). The number of hydrogen-bond donors (Lipinski definition) is 0. The molecular formula is C25H30N2O5. The minimum Gasteiger partial charge on any atom is -0.497 e. The second-order valence-corrected chi connectivity index (χ2v) is 7.49. The molecule has 170 valence electrons. The van der Waals surface area contributed by atoms with Crippen molar-refractivity contribution in [1.82, 2.24) is 5.01 Å². The largest absolute Gasteiger partial charge is 0.497 e. The lowest BCUT2D eigenvalue weighted by Gasteiger charge is -2.25. The number of amides is 1. The third-order valence-corrected chi connectivity index (χ3v) is 5.21. The summed E-state index contributed by atoms with van der Waals surface area (Å²) in [6.07, 6.45) is 4.67. The maximum Gasteiger partial charge on any atom is 0.240 e. The van der Waals surface area contributed by atoms with Crippen LogP contribution in [0.1, 0.15) is 43.0 Å². The number of benzene rings is 2. The molecule has 0 N–H and O–H groups in total. The average molecular weight is 439 g/mol. The fraction of sp³-hybridized carbons (Fsp3) is 0.360. The van der Waals surface area contributed by atoms with Gasteiger partial charge < -0.3 is 18.9 Å². The van der Waals surface area contributed by atoms with Gasteiger partial charge in [0.15, 0.2) is 0 Å². The van der Waals surface area contributed by atoms with Gasteiger partial charge in [-0.25, -0.2) is 5.01 Å². The zero-order valence-electron chi connectivity index (χ0n) is 19.3. The van der Waals surface area contributed by atoms with Gasteiger partial charge in [-0.3, -0.25) is 4.79 Å². The molecule has 7 heteroatoms. The summed E-state index contributed by atoms with van der Waals surface area (Å²) in [5.41, 5.74) is 3.73. The average Bonchev–Trinajstić information content (AvgIpc) is 3.19. The summed E-state index contributed by atoms with van der Waals surface area (Å²) < 4.78 is 21.8. The van der Waals surface area contributed by atoms with Crippen molar-refractivity contribution in [1.29, 1.82) is 0 Å². The van der Waals surface area contributed by atoms with E-state index in [9.17, 15) is 4.79 Å². The molecule has 1 aliphatic heterocycles. The summed E-state index contributed by atoms with van der Waals surface area (Å²) >= 11 is 0. The number of hydrogen-bond acceptors (Lipinski definition) is 6. The molecule has 1 aliphatic rings. The van der Waals surface area contributed by atoms with E-state index in [-0.39, 0.29) is 11.9 Å². The number of carbonyl (C=O) groups is 1. The zero-order chi connectivity index (χ0) is 23.1. The lowest BCUT2D eigenvalue weighted by molar-refractivity contribution is -0.130. The summed E-state index contributed by atoms with van der Waals surface area (Å²) in [5, 5.41) is 5.96. The molecular weight excluding hydrogens is 408 g/mol. The molecule has 1 atom stereocenters. The van der Waals surface area contributed by atoms with Gasteiger partial charge in [0.25, 0.3) is 0 Å². The van der Waals surface area contributed by atoms with Gasteiger partial charge in [0.05, 0.1) is 26.9 Å². The molecule has 0 saturated carbocycles. The number of ether oxygens (including phenoxy) is 4. The second-order valence-electron chi connectivity index (χ2n) is 7.49. The first kappa shape index (κ1) is 23.3. The Hall–Kier alpha value is -3.32. The van der Waals surface area contributed by atoms with E-state index in [2.05, 4.69) is 5.10 Å². The van der Waals surface area contributed by atoms with E-state index in [1.54, 1.807) is 21.3 Å². The fourth-order valence-corrected chi connectivity index (χ4v) is 3.68. The van der Waals surface area contributed by atoms with Crippen molar-refractivity contribution in [2.45, 2.75) is 26.3 Å². The minimum absolute atomic E-state index is 0.108. The molecule has 2 aromatic rings. The molecule has 0 saturated heterocycles. The third-order valence-electron chi connectivity index (χ3n) is 5.21. The van der Waals surface area contributed by atoms with E-state index < -0.39 is 0 Å². The van der Waals surface area contributed by atoms with Gasteiger partial charge in [-0.15, -0.1) is 0 Å². The Morgan fingerprint density at radius 1 is 1.06 bits per heavy atom. The lowest BCUT2D eigenvalue weighted by Crippen LogP contribution is -2.25. The highest BCUT2D eigenvalue weighted by Gasteiger charge is 2.33. The molecule has 0 bridgehead atoms. The summed E-state index contributed by atoms with van der Waals surface area (Å²) in [4.78, 5) is 12.2. The molecule has 2 aromatic carbocycles. The Balaban J connectivity index is 1.94. The first-order valence-electron chi connectivity index (χ1n) is 10.5. The van der Waals surface area contributed by atoms with Crippen LogP contribution in [0.2, 0.25) is 0 Å². The van der Waals surface area contributed by atoms with Crippen LogP contribution in [0.15, 0.2) is 41.5 Å². The maximum absolute atomic E-state index is 12.2. The monoisotopic (exact) mass is 438 g/mol. The fourth-order valence-electron chi connectivity index (χ4n) is 3.68. The highest BCUT2D eigenvalue weighted by molar-refractivity contribution is 5.88. The van der Waals surface area contributed by atoms with Crippen LogP contribution >= 0.6 is 0 Å². The van der Waals surface area contributed by atoms with Crippen LogP contribution in [0.3, 0.4) is 0 Å². The lowest BCUT2D eigenvalue weighted by atomic mass is 9.94. The summed E-state index contributed by atoms with van der Waals surface area (Å²) in [7, 11) is 4.89. The van der Waals surface area contributed by atoms with Crippen LogP contribution in [0.5, 0.6) is 17.2 Å². The van der Waals surface area contributed by atoms with Crippen molar-refractivity contribution in [3.05, 3.63) is 53.1 Å². The number of methoxy groups -OCH3 is 3. The molecule has 0 radical (unpaired) electrons. The molecule has 1 heterocycles. The number of carbonyl (C=O) groups excluding carboxylic acids is 1. The van der Waals surface area contributed by atoms with E-state index in [0.717, 1.165) is 28.2 Å². The van der Waals surface area contributed by atoms with Gasteiger partial charge in [-0.2, -0.15) is 5.10 Å². The van der Waals surface area contributed by atoms with Crippen molar-refractivity contribution < 1.29 is 23.7 Å². The van der Waals surface area contributed by atoms with Crippen LogP contribution in [0.4, 0.5) is 0 Å². The van der Waals surface area contributed by atoms with E-state index in [1.165, 1.54) is 11.9 Å². The maximum atomic E-state index is 12.2. The van der Waals surface area contributed by atoms with Crippen LogP contribution in [0.25, 0.3) is 12.2 Å². The Labute approximate surface area is 189 Å². The van der Waals surface area contributed by atoms with Gasteiger partial charge in [-0.05, 0) is 36.2 Å². The Bertz CT molecular complexity index is 998. The van der Waals surface area contributed by atoms with Gasteiger partial charge in [-0.1, -0.05) is 24.3 Å². The Morgan fingerprint density at radius 2 is 1.81 bits per heavy atom. The summed E-state index contributed by atoms with van der Waals surface area (Å²) in [5.74, 6) is 2.02. The van der Waals surface area contributed by atoms with Crippen molar-refractivity contribution in [2.75, 3.05) is 34.5 Å². The molecule has 0 spiro atoms. The topological polar surface area (TPSA) is 69.6 Å². The number of hydrazone groups is 1. The van der Waals surface area contributed by atoms with E-state index in [4.69, 9.17) is 18.9 Å². The van der Waals surface area contributed by atoms with Crippen LogP contribution in [-0.4, -0.2) is 51.2 Å². The smallest absolute Gasteiger partial charge is 0.240 e. The summed E-state index contributed by atoms with van der Waals surface area (Å²) in [6.45, 7) is 4.51. The summed E-state index contributed by atoms with van der Waals surface area (Å²) in [6, 6.07) is 11.4. The van der Waals surface area contributed by atoms with Crippen molar-refractivity contribution in [3.63, 3.8) is 0 Å². The Kier molecular flexibility index (Phi) is 7.89. The second kappa shape index (κ2) is 10.8. The van der Waals surface area contributed by atoms with Gasteiger partial charge in [0, 0.05) is 37.8 Å². The SMILES string of the molecule is COCCOc1ccc(/C=C/c2cc(OC)cc(OC)c2C2CC(C)=NN2C(C)=O)cc1. The molecule has 7 nitrogen and oxygen atoms in total. The van der Waals surface area contributed by atoms with Crippen molar-refractivity contribution >= 4 is 23.8 Å².